The summed E-state index contributed by atoms with van der Waals surface area (Å²) >= 11 is 6.50. The van der Waals surface area contributed by atoms with Gasteiger partial charge in [-0.1, -0.05) is 60.1 Å². The van der Waals surface area contributed by atoms with Crippen LogP contribution in [0, 0.1) is 16.0 Å². The molecule has 0 bridgehead atoms. The molecule has 6 nitrogen and oxygen atoms in total. The third kappa shape index (κ3) is 3.63. The molecule has 0 saturated carbocycles. The monoisotopic (exact) mass is 445 g/mol. The lowest BCUT2D eigenvalue weighted by Gasteiger charge is -2.32. The first-order chi connectivity index (χ1) is 15.5. The summed E-state index contributed by atoms with van der Waals surface area (Å²) in [5.41, 5.74) is 3.97. The van der Waals surface area contributed by atoms with Crippen molar-refractivity contribution in [1.29, 1.82) is 0 Å². The molecule has 3 aromatic rings. The number of ketones is 1. The SMILES string of the molecule is O=C1CC(c2ccccc2)C=C2Nc3ccccc3NC(c3cc([N+](=O)[O-])ccc3Cl)C12. The summed E-state index contributed by atoms with van der Waals surface area (Å²) in [5, 5.41) is 18.7. The van der Waals surface area contributed by atoms with Gasteiger partial charge in [0, 0.05) is 40.8 Å². The molecule has 0 radical (unpaired) electrons. The molecule has 0 fully saturated rings. The van der Waals surface area contributed by atoms with Crippen LogP contribution in [0.5, 0.6) is 0 Å². The smallest absolute Gasteiger partial charge is 0.269 e. The van der Waals surface area contributed by atoms with E-state index in [-0.39, 0.29) is 17.4 Å². The Morgan fingerprint density at radius 3 is 2.44 bits per heavy atom. The van der Waals surface area contributed by atoms with Gasteiger partial charge in [-0.3, -0.25) is 14.9 Å². The highest BCUT2D eigenvalue weighted by atomic mass is 35.5. The standard InChI is InChI=1S/C25H20ClN3O3/c26-19-11-10-17(29(31)32)14-18(19)25-24-22(27-20-8-4-5-9-21(20)28-25)12-16(13-23(24)30)15-6-2-1-3-7-15/h1-12,14,16,24-25,27-28H,13H2. The number of fused-ring (bicyclic) bond motifs is 2. The van der Waals surface area contributed by atoms with Gasteiger partial charge in [0.1, 0.15) is 5.78 Å². The van der Waals surface area contributed by atoms with Crippen molar-refractivity contribution in [2.75, 3.05) is 10.6 Å². The van der Waals surface area contributed by atoms with E-state index in [1.165, 1.54) is 18.2 Å². The van der Waals surface area contributed by atoms with E-state index in [2.05, 4.69) is 16.7 Å². The number of nitro groups is 1. The zero-order valence-corrected chi connectivity index (χ0v) is 17.8. The molecule has 32 heavy (non-hydrogen) atoms. The highest BCUT2D eigenvalue weighted by Gasteiger charge is 2.40. The summed E-state index contributed by atoms with van der Waals surface area (Å²) in [4.78, 5) is 24.5. The van der Waals surface area contributed by atoms with Crippen molar-refractivity contribution < 1.29 is 9.72 Å². The molecule has 3 unspecified atom stereocenters. The van der Waals surface area contributed by atoms with Crippen LogP contribution in [-0.2, 0) is 4.79 Å². The number of allylic oxidation sites excluding steroid dienone is 1. The lowest BCUT2D eigenvalue weighted by Crippen LogP contribution is -2.34. The Kier molecular flexibility index (Phi) is 5.15. The molecule has 160 valence electrons. The molecule has 7 heteroatoms. The van der Waals surface area contributed by atoms with Crippen molar-refractivity contribution >= 4 is 34.4 Å². The Bertz CT molecular complexity index is 1240. The maximum absolute atomic E-state index is 13.5. The van der Waals surface area contributed by atoms with E-state index in [4.69, 9.17) is 11.6 Å². The van der Waals surface area contributed by atoms with Crippen molar-refractivity contribution in [3.8, 4) is 0 Å². The maximum atomic E-state index is 13.5. The zero-order chi connectivity index (χ0) is 22.2. The third-order valence-corrected chi connectivity index (χ3v) is 6.43. The first-order valence-corrected chi connectivity index (χ1v) is 10.7. The first kappa shape index (κ1) is 20.3. The predicted octanol–water partition coefficient (Wildman–Crippen LogP) is 6.08. The second-order valence-corrected chi connectivity index (χ2v) is 8.45. The van der Waals surface area contributed by atoms with Crippen LogP contribution in [0.15, 0.2) is 84.6 Å². The zero-order valence-electron chi connectivity index (χ0n) is 17.0. The maximum Gasteiger partial charge on any atom is 0.269 e. The Morgan fingerprint density at radius 1 is 0.969 bits per heavy atom. The van der Waals surface area contributed by atoms with E-state index in [9.17, 15) is 14.9 Å². The summed E-state index contributed by atoms with van der Waals surface area (Å²) in [6.45, 7) is 0. The van der Waals surface area contributed by atoms with Gasteiger partial charge in [-0.25, -0.2) is 0 Å². The van der Waals surface area contributed by atoms with Crippen LogP contribution in [0.2, 0.25) is 5.02 Å². The van der Waals surface area contributed by atoms with E-state index in [0.29, 0.717) is 17.0 Å². The van der Waals surface area contributed by atoms with Crippen LogP contribution in [-0.4, -0.2) is 10.7 Å². The number of nitro benzene ring substituents is 1. The first-order valence-electron chi connectivity index (χ1n) is 10.4. The molecule has 0 aromatic heterocycles. The minimum atomic E-state index is -0.554. The fourth-order valence-electron chi connectivity index (χ4n) is 4.56. The van der Waals surface area contributed by atoms with Crippen molar-refractivity contribution in [2.45, 2.75) is 18.4 Å². The van der Waals surface area contributed by atoms with Gasteiger partial charge in [-0.05, 0) is 23.8 Å². The van der Waals surface area contributed by atoms with Crippen molar-refractivity contribution in [2.24, 2.45) is 5.92 Å². The Morgan fingerprint density at radius 2 is 1.69 bits per heavy atom. The average molecular weight is 446 g/mol. The Labute approximate surface area is 190 Å². The van der Waals surface area contributed by atoms with Crippen LogP contribution in [0.4, 0.5) is 17.1 Å². The fraction of sp³-hybridized carbons (Fsp3) is 0.160. The number of carbonyl (C=O) groups excluding carboxylic acids is 1. The number of non-ortho nitro benzene ring substituents is 1. The molecule has 0 saturated heterocycles. The van der Waals surface area contributed by atoms with Crippen molar-refractivity contribution in [3.05, 3.63) is 111 Å². The number of para-hydroxylation sites is 2. The predicted molar refractivity (Wildman–Crippen MR) is 125 cm³/mol. The van der Waals surface area contributed by atoms with E-state index in [1.54, 1.807) is 0 Å². The molecule has 0 spiro atoms. The van der Waals surface area contributed by atoms with Crippen LogP contribution in [0.25, 0.3) is 0 Å². The van der Waals surface area contributed by atoms with Gasteiger partial charge in [0.15, 0.2) is 0 Å². The molecular weight excluding hydrogens is 426 g/mol. The number of carbonyl (C=O) groups is 1. The highest BCUT2D eigenvalue weighted by Crippen LogP contribution is 2.46. The fourth-order valence-corrected chi connectivity index (χ4v) is 4.80. The number of benzene rings is 3. The molecular formula is C25H20ClN3O3. The summed E-state index contributed by atoms with van der Waals surface area (Å²) in [6, 6.07) is 21.4. The second kappa shape index (κ2) is 8.13. The molecule has 2 aliphatic rings. The van der Waals surface area contributed by atoms with Gasteiger partial charge < -0.3 is 10.6 Å². The van der Waals surface area contributed by atoms with E-state index in [0.717, 1.165) is 22.6 Å². The van der Waals surface area contributed by atoms with Gasteiger partial charge in [0.2, 0.25) is 0 Å². The van der Waals surface area contributed by atoms with Crippen LogP contribution < -0.4 is 10.6 Å². The van der Waals surface area contributed by atoms with Crippen molar-refractivity contribution in [3.63, 3.8) is 0 Å². The lowest BCUT2D eigenvalue weighted by molar-refractivity contribution is -0.384. The van der Waals surface area contributed by atoms with Crippen LogP contribution >= 0.6 is 11.6 Å². The number of hydrogen-bond acceptors (Lipinski definition) is 5. The molecule has 1 aliphatic carbocycles. The number of anilines is 2. The summed E-state index contributed by atoms with van der Waals surface area (Å²) in [7, 11) is 0. The second-order valence-electron chi connectivity index (χ2n) is 8.04. The number of nitrogens with one attached hydrogen (secondary N) is 2. The molecule has 3 aromatic carbocycles. The summed E-state index contributed by atoms with van der Waals surface area (Å²) < 4.78 is 0. The van der Waals surface area contributed by atoms with E-state index >= 15 is 0 Å². The Balaban J connectivity index is 1.66. The molecule has 0 amide bonds. The summed E-state index contributed by atoms with van der Waals surface area (Å²) in [6.07, 6.45) is 2.45. The molecule has 2 N–H and O–H groups in total. The number of hydrogen-bond donors (Lipinski definition) is 2. The van der Waals surface area contributed by atoms with Gasteiger partial charge >= 0.3 is 0 Å². The normalized spacial score (nSPS) is 21.8. The number of Topliss-reactive ketones (excluding diaryl/α,β-unsaturated/α-hetero) is 1. The number of nitrogens with zero attached hydrogens (tertiary/aromatic N) is 1. The molecule has 3 atom stereocenters. The quantitative estimate of drug-likeness (QED) is 0.376. The highest BCUT2D eigenvalue weighted by molar-refractivity contribution is 6.31. The van der Waals surface area contributed by atoms with Crippen LogP contribution in [0.1, 0.15) is 29.5 Å². The number of rotatable bonds is 3. The van der Waals surface area contributed by atoms with E-state index in [1.807, 2.05) is 54.6 Å². The van der Waals surface area contributed by atoms with E-state index < -0.39 is 16.9 Å². The molecule has 5 rings (SSSR count). The molecule has 1 aliphatic heterocycles. The van der Waals surface area contributed by atoms with Crippen LogP contribution in [0.3, 0.4) is 0 Å². The van der Waals surface area contributed by atoms with Gasteiger partial charge in [-0.2, -0.15) is 0 Å². The third-order valence-electron chi connectivity index (χ3n) is 6.09. The minimum Gasteiger partial charge on any atom is -0.375 e. The Hall–Kier alpha value is -3.64. The van der Waals surface area contributed by atoms with Gasteiger partial charge in [0.05, 0.1) is 28.3 Å². The number of halogens is 1. The topological polar surface area (TPSA) is 84.3 Å². The van der Waals surface area contributed by atoms with Crippen molar-refractivity contribution in [1.82, 2.24) is 0 Å². The van der Waals surface area contributed by atoms with Gasteiger partial charge in [-0.15, -0.1) is 0 Å². The summed E-state index contributed by atoms with van der Waals surface area (Å²) in [5.74, 6) is -0.549. The lowest BCUT2D eigenvalue weighted by atomic mass is 9.76. The average Bonchev–Trinajstić information content (AvgIpc) is 2.96. The largest absolute Gasteiger partial charge is 0.375 e. The minimum absolute atomic E-state index is 0.0473. The molecule has 1 heterocycles. The van der Waals surface area contributed by atoms with Gasteiger partial charge in [0.25, 0.3) is 5.69 Å².